The van der Waals surface area contributed by atoms with E-state index in [0.29, 0.717) is 5.92 Å². The largest absolute Gasteiger partial charge is 0.468 e. The number of ether oxygens (including phenoxy) is 2. The van der Waals surface area contributed by atoms with Crippen LogP contribution in [0.15, 0.2) is 30.3 Å². The predicted molar refractivity (Wildman–Crippen MR) is 81.1 cm³/mol. The summed E-state index contributed by atoms with van der Waals surface area (Å²) in [5.74, 6) is -0.791. The van der Waals surface area contributed by atoms with Gasteiger partial charge in [-0.2, -0.15) is 0 Å². The molecule has 2 aliphatic rings. The van der Waals surface area contributed by atoms with E-state index in [1.54, 1.807) is 0 Å². The number of methoxy groups -OCH3 is 1. The number of carbonyl (C=O) groups is 2. The quantitative estimate of drug-likeness (QED) is 0.636. The molecule has 118 valence electrons. The van der Waals surface area contributed by atoms with Gasteiger partial charge in [0, 0.05) is 6.42 Å². The monoisotopic (exact) mass is 302 g/mol. The van der Waals surface area contributed by atoms with Crippen molar-refractivity contribution < 1.29 is 19.1 Å². The number of fused-ring (bicyclic) bond motifs is 2. The summed E-state index contributed by atoms with van der Waals surface area (Å²) < 4.78 is 11.2. The maximum atomic E-state index is 12.6. The predicted octanol–water partition coefficient (Wildman–Crippen LogP) is 2.71. The Balaban J connectivity index is 2.01. The van der Waals surface area contributed by atoms with E-state index in [1.807, 2.05) is 30.3 Å². The van der Waals surface area contributed by atoms with Crippen molar-refractivity contribution in [1.82, 2.24) is 0 Å². The first-order chi connectivity index (χ1) is 10.5. The summed E-state index contributed by atoms with van der Waals surface area (Å²) in [4.78, 5) is 24.7. The number of hydrogen-bond donors (Lipinski definition) is 0. The molecule has 0 amide bonds. The zero-order chi connectivity index (χ0) is 15.9. The Morgan fingerprint density at radius 2 is 2.00 bits per heavy atom. The first kappa shape index (κ1) is 15.2. The van der Waals surface area contributed by atoms with Gasteiger partial charge in [0.05, 0.1) is 13.2 Å². The molecule has 2 heterocycles. The normalized spacial score (nSPS) is 34.0. The lowest BCUT2D eigenvalue weighted by Gasteiger charge is -2.36. The number of carbonyl (C=O) groups excluding carboxylic acids is 2. The molecule has 4 atom stereocenters. The van der Waals surface area contributed by atoms with Crippen LogP contribution in [0.2, 0.25) is 0 Å². The molecule has 4 heteroatoms. The number of hydrogen-bond acceptors (Lipinski definition) is 4. The zero-order valence-electron chi connectivity index (χ0n) is 13.2. The van der Waals surface area contributed by atoms with Gasteiger partial charge in [-0.3, -0.25) is 9.59 Å². The van der Waals surface area contributed by atoms with E-state index in [-0.39, 0.29) is 24.2 Å². The van der Waals surface area contributed by atoms with E-state index in [9.17, 15) is 9.59 Å². The summed E-state index contributed by atoms with van der Waals surface area (Å²) in [5, 5.41) is 0. The Bertz CT molecular complexity index is 580. The lowest BCUT2D eigenvalue weighted by Crippen LogP contribution is -2.46. The molecule has 22 heavy (non-hydrogen) atoms. The highest BCUT2D eigenvalue weighted by molar-refractivity contribution is 6.01. The fourth-order valence-corrected chi connectivity index (χ4v) is 3.93. The Morgan fingerprint density at radius 3 is 2.59 bits per heavy atom. The van der Waals surface area contributed by atoms with Crippen LogP contribution in [-0.2, 0) is 24.7 Å². The molecule has 0 aliphatic carbocycles. The van der Waals surface area contributed by atoms with Crippen molar-refractivity contribution in [2.45, 2.75) is 38.4 Å². The Kier molecular flexibility index (Phi) is 3.81. The number of ketones is 1. The Labute approximate surface area is 130 Å². The van der Waals surface area contributed by atoms with E-state index < -0.39 is 17.5 Å². The number of benzene rings is 1. The fraction of sp³-hybridized carbons (Fsp3) is 0.556. The molecule has 0 aromatic heterocycles. The first-order valence-electron chi connectivity index (χ1n) is 7.82. The molecule has 0 saturated carbocycles. The molecule has 2 saturated heterocycles. The SMILES string of the molecule is COC(=O)[C@H]1C(=O)C[C@]2(c3ccccc3)C[C@@H](C(C)C)[C@H]1O2. The van der Waals surface area contributed by atoms with Crippen LogP contribution < -0.4 is 0 Å². The topological polar surface area (TPSA) is 52.6 Å². The minimum atomic E-state index is -0.781. The van der Waals surface area contributed by atoms with Crippen LogP contribution in [-0.4, -0.2) is 25.0 Å². The summed E-state index contributed by atoms with van der Waals surface area (Å²) in [6.07, 6.45) is 0.642. The molecule has 1 aromatic carbocycles. The summed E-state index contributed by atoms with van der Waals surface area (Å²) in [6.45, 7) is 4.23. The van der Waals surface area contributed by atoms with Crippen molar-refractivity contribution in [1.29, 1.82) is 0 Å². The van der Waals surface area contributed by atoms with E-state index in [2.05, 4.69) is 13.8 Å². The third kappa shape index (κ3) is 2.26. The Hall–Kier alpha value is -1.68. The second-order valence-electron chi connectivity index (χ2n) is 6.70. The first-order valence-corrected chi connectivity index (χ1v) is 7.82. The second-order valence-corrected chi connectivity index (χ2v) is 6.70. The molecule has 2 fully saturated rings. The average molecular weight is 302 g/mol. The Morgan fingerprint density at radius 1 is 1.32 bits per heavy atom. The molecule has 0 radical (unpaired) electrons. The van der Waals surface area contributed by atoms with Crippen LogP contribution in [0.25, 0.3) is 0 Å². The highest BCUT2D eigenvalue weighted by Crippen LogP contribution is 2.53. The average Bonchev–Trinajstić information content (AvgIpc) is 2.83. The maximum Gasteiger partial charge on any atom is 0.318 e. The number of rotatable bonds is 3. The van der Waals surface area contributed by atoms with Crippen LogP contribution in [0.1, 0.15) is 32.3 Å². The summed E-state index contributed by atoms with van der Waals surface area (Å²) in [7, 11) is 1.33. The molecule has 2 aliphatic heterocycles. The third-order valence-corrected chi connectivity index (χ3v) is 5.10. The minimum absolute atomic E-state index is 0.0601. The summed E-state index contributed by atoms with van der Waals surface area (Å²) >= 11 is 0. The molecular weight excluding hydrogens is 280 g/mol. The highest BCUT2D eigenvalue weighted by Gasteiger charge is 2.59. The van der Waals surface area contributed by atoms with Crippen molar-refractivity contribution >= 4 is 11.8 Å². The lowest BCUT2D eigenvalue weighted by atomic mass is 9.81. The van der Waals surface area contributed by atoms with Crippen LogP contribution in [0.5, 0.6) is 0 Å². The van der Waals surface area contributed by atoms with Crippen molar-refractivity contribution in [3.63, 3.8) is 0 Å². The van der Waals surface area contributed by atoms with Crippen LogP contribution >= 0.6 is 0 Å². The van der Waals surface area contributed by atoms with Gasteiger partial charge in [0.1, 0.15) is 11.5 Å². The van der Waals surface area contributed by atoms with E-state index >= 15 is 0 Å². The summed E-state index contributed by atoms with van der Waals surface area (Å²) in [6, 6.07) is 9.88. The van der Waals surface area contributed by atoms with Gasteiger partial charge in [-0.15, -0.1) is 0 Å². The van der Waals surface area contributed by atoms with Crippen molar-refractivity contribution in [3.8, 4) is 0 Å². The highest BCUT2D eigenvalue weighted by atomic mass is 16.5. The standard InChI is InChI=1S/C18H22O4/c1-11(2)13-9-18(12-7-5-4-6-8-12)10-14(19)15(16(13)22-18)17(20)21-3/h4-8,11,13,15-16H,9-10H2,1-3H3/t13-,15-,16+,18-/m0/s1. The lowest BCUT2D eigenvalue weighted by molar-refractivity contribution is -0.172. The van der Waals surface area contributed by atoms with Gasteiger partial charge >= 0.3 is 5.97 Å². The molecule has 3 rings (SSSR count). The van der Waals surface area contributed by atoms with Crippen LogP contribution in [0.3, 0.4) is 0 Å². The van der Waals surface area contributed by atoms with Crippen LogP contribution in [0, 0.1) is 17.8 Å². The molecule has 0 unspecified atom stereocenters. The third-order valence-electron chi connectivity index (χ3n) is 5.10. The smallest absolute Gasteiger partial charge is 0.318 e. The second kappa shape index (κ2) is 5.51. The van der Waals surface area contributed by atoms with Crippen molar-refractivity contribution in [2.75, 3.05) is 7.11 Å². The van der Waals surface area contributed by atoms with Gasteiger partial charge in [0.15, 0.2) is 5.78 Å². The summed E-state index contributed by atoms with van der Waals surface area (Å²) in [5.41, 5.74) is 0.447. The fourth-order valence-electron chi connectivity index (χ4n) is 3.93. The maximum absolute atomic E-state index is 12.6. The molecule has 1 aromatic rings. The van der Waals surface area contributed by atoms with Gasteiger partial charge in [0.2, 0.25) is 0 Å². The molecular formula is C18H22O4. The number of Topliss-reactive ketones (excluding diaryl/α,β-unsaturated/α-hetero) is 1. The van der Waals surface area contributed by atoms with Gasteiger partial charge < -0.3 is 9.47 Å². The van der Waals surface area contributed by atoms with Crippen molar-refractivity contribution in [2.24, 2.45) is 17.8 Å². The van der Waals surface area contributed by atoms with Crippen molar-refractivity contribution in [3.05, 3.63) is 35.9 Å². The van der Waals surface area contributed by atoms with Gasteiger partial charge in [-0.25, -0.2) is 0 Å². The number of esters is 1. The molecule has 2 bridgehead atoms. The van der Waals surface area contributed by atoms with Crippen LogP contribution in [0.4, 0.5) is 0 Å². The molecule has 0 N–H and O–H groups in total. The minimum Gasteiger partial charge on any atom is -0.468 e. The molecule has 4 nitrogen and oxygen atoms in total. The van der Waals surface area contributed by atoms with Gasteiger partial charge in [-0.05, 0) is 23.8 Å². The van der Waals surface area contributed by atoms with E-state index in [4.69, 9.17) is 9.47 Å². The zero-order valence-corrected chi connectivity index (χ0v) is 13.2. The molecule has 0 spiro atoms. The van der Waals surface area contributed by atoms with E-state index in [1.165, 1.54) is 7.11 Å². The van der Waals surface area contributed by atoms with E-state index in [0.717, 1.165) is 12.0 Å². The van der Waals surface area contributed by atoms with Gasteiger partial charge in [0.25, 0.3) is 0 Å². The van der Waals surface area contributed by atoms with Gasteiger partial charge in [-0.1, -0.05) is 44.2 Å².